The van der Waals surface area contributed by atoms with Gasteiger partial charge in [-0.3, -0.25) is 9.59 Å². The van der Waals surface area contributed by atoms with Gasteiger partial charge in [0, 0.05) is 30.6 Å². The number of hydrogen-bond donors (Lipinski definition) is 3. The van der Waals surface area contributed by atoms with Crippen LogP contribution in [0, 0.1) is 23.2 Å². The number of rotatable bonds is 8. The number of hydrogen-bond acceptors (Lipinski definition) is 5. The number of aliphatic hydroxyl groups is 2. The van der Waals surface area contributed by atoms with E-state index >= 15 is 0 Å². The number of para-hydroxylation sites is 1. The van der Waals surface area contributed by atoms with E-state index in [0.29, 0.717) is 24.3 Å². The average molecular weight is 509 g/mol. The summed E-state index contributed by atoms with van der Waals surface area (Å²) in [6.07, 6.45) is 8.90. The second kappa shape index (κ2) is 9.73. The van der Waals surface area contributed by atoms with Crippen molar-refractivity contribution in [3.05, 3.63) is 41.5 Å². The predicted octanol–water partition coefficient (Wildman–Crippen LogP) is 3.15. The van der Waals surface area contributed by atoms with Crippen LogP contribution in [-0.2, 0) is 9.59 Å². The summed E-state index contributed by atoms with van der Waals surface area (Å²) in [6, 6.07) is 6.98. The molecule has 200 valence electrons. The molecule has 0 radical (unpaired) electrons. The fraction of sp³-hybridized carbons (Fsp3) is 0.667. The maximum absolute atomic E-state index is 13.7. The lowest BCUT2D eigenvalue weighted by molar-refractivity contribution is -0.145. The second-order valence-electron chi connectivity index (χ2n) is 12.4. The highest BCUT2D eigenvalue weighted by atomic mass is 16.5. The molecular weight excluding hydrogens is 468 g/mol. The van der Waals surface area contributed by atoms with Crippen LogP contribution in [0.25, 0.3) is 0 Å². The molecule has 7 nitrogen and oxygen atoms in total. The van der Waals surface area contributed by atoms with E-state index in [2.05, 4.69) is 5.32 Å². The highest BCUT2D eigenvalue weighted by molar-refractivity contribution is 5.96. The summed E-state index contributed by atoms with van der Waals surface area (Å²) in [5, 5.41) is 23.9. The standard InChI is InChI=1S/C30H40N2O5/c1-2-5-25(34)32(17-30-14-18-10-19(15-30)12-20(11-18)16-30)23-13-22(29(36)31-8-9-33)26-21-6-3-4-7-24(21)37-28(26)27(23)35/h3-4,6-7,13,18-20,23,26-28,33,35H,2,5,8-12,14-17H2,1H3,(H,31,36). The van der Waals surface area contributed by atoms with Gasteiger partial charge < -0.3 is 25.2 Å². The van der Waals surface area contributed by atoms with Crippen molar-refractivity contribution >= 4 is 11.8 Å². The molecule has 4 saturated carbocycles. The Balaban J connectivity index is 1.37. The number of carbonyl (C=O) groups excluding carboxylic acids is 2. The molecule has 1 aromatic carbocycles. The lowest BCUT2D eigenvalue weighted by atomic mass is 9.49. The molecule has 1 heterocycles. The Kier molecular flexibility index (Phi) is 6.56. The highest BCUT2D eigenvalue weighted by Gasteiger charge is 2.54. The van der Waals surface area contributed by atoms with Gasteiger partial charge in [0.25, 0.3) is 0 Å². The van der Waals surface area contributed by atoms with E-state index in [4.69, 9.17) is 4.74 Å². The Hall–Kier alpha value is -2.38. The Morgan fingerprint density at radius 1 is 1.11 bits per heavy atom. The average Bonchev–Trinajstić information content (AvgIpc) is 3.26. The molecule has 7 heteroatoms. The lowest BCUT2D eigenvalue weighted by Crippen LogP contribution is -2.59. The third kappa shape index (κ3) is 4.38. The molecule has 4 unspecified atom stereocenters. The smallest absolute Gasteiger partial charge is 0.247 e. The number of carbonyl (C=O) groups is 2. The van der Waals surface area contributed by atoms with Gasteiger partial charge in [-0.05, 0) is 80.3 Å². The van der Waals surface area contributed by atoms with Crippen LogP contribution < -0.4 is 10.1 Å². The molecule has 37 heavy (non-hydrogen) atoms. The fourth-order valence-corrected chi connectivity index (χ4v) is 8.75. The number of nitrogens with one attached hydrogen (secondary N) is 1. The van der Waals surface area contributed by atoms with Gasteiger partial charge in [-0.2, -0.15) is 0 Å². The molecule has 0 spiro atoms. The second-order valence-corrected chi connectivity index (χ2v) is 12.4. The summed E-state index contributed by atoms with van der Waals surface area (Å²) in [6.45, 7) is 2.65. The first-order chi connectivity index (χ1) is 17.9. The summed E-state index contributed by atoms with van der Waals surface area (Å²) in [5.74, 6) is 2.31. The third-order valence-corrected chi connectivity index (χ3v) is 9.69. The zero-order valence-corrected chi connectivity index (χ0v) is 21.8. The number of ether oxygens (including phenoxy) is 1. The number of benzene rings is 1. The summed E-state index contributed by atoms with van der Waals surface area (Å²) < 4.78 is 6.26. The van der Waals surface area contributed by atoms with Crippen molar-refractivity contribution < 1.29 is 24.5 Å². The quantitative estimate of drug-likeness (QED) is 0.501. The first-order valence-corrected chi connectivity index (χ1v) is 14.2. The van der Waals surface area contributed by atoms with Crippen molar-refractivity contribution in [3.63, 3.8) is 0 Å². The van der Waals surface area contributed by atoms with Crippen LogP contribution in [-0.4, -0.2) is 64.9 Å². The Bertz CT molecular complexity index is 1050. The topological polar surface area (TPSA) is 99.1 Å². The SMILES string of the molecule is CCCC(=O)N(CC12CC3CC(CC(C3)C1)C2)C1C=C(C(=O)NCCO)C2c3ccccc3OC2C1O. The molecule has 6 aliphatic rings. The van der Waals surface area contributed by atoms with E-state index in [9.17, 15) is 19.8 Å². The van der Waals surface area contributed by atoms with Gasteiger partial charge in [-0.15, -0.1) is 0 Å². The molecule has 4 atom stereocenters. The Morgan fingerprint density at radius 3 is 2.43 bits per heavy atom. The van der Waals surface area contributed by atoms with Crippen LogP contribution in [0.4, 0.5) is 0 Å². The maximum atomic E-state index is 13.7. The molecule has 0 aromatic heterocycles. The summed E-state index contributed by atoms with van der Waals surface area (Å²) in [7, 11) is 0. The molecule has 3 N–H and O–H groups in total. The van der Waals surface area contributed by atoms with Crippen LogP contribution >= 0.6 is 0 Å². The van der Waals surface area contributed by atoms with E-state index < -0.39 is 24.2 Å². The molecule has 0 saturated heterocycles. The molecule has 5 aliphatic carbocycles. The normalized spacial score (nSPS) is 36.8. The Labute approximate surface area is 219 Å². The van der Waals surface area contributed by atoms with Crippen molar-refractivity contribution in [2.75, 3.05) is 19.7 Å². The van der Waals surface area contributed by atoms with Crippen molar-refractivity contribution in [2.24, 2.45) is 23.2 Å². The van der Waals surface area contributed by atoms with Crippen LogP contribution in [0.2, 0.25) is 0 Å². The van der Waals surface area contributed by atoms with E-state index in [1.54, 1.807) is 0 Å². The minimum atomic E-state index is -0.943. The lowest BCUT2D eigenvalue weighted by Gasteiger charge is -2.58. The molecule has 2 amide bonds. The number of fused-ring (bicyclic) bond motifs is 3. The minimum absolute atomic E-state index is 0.0441. The van der Waals surface area contributed by atoms with Crippen LogP contribution in [0.15, 0.2) is 35.9 Å². The maximum Gasteiger partial charge on any atom is 0.247 e. The Morgan fingerprint density at radius 2 is 1.78 bits per heavy atom. The molecule has 1 aliphatic heterocycles. The van der Waals surface area contributed by atoms with Gasteiger partial charge in [0.2, 0.25) is 11.8 Å². The molecule has 7 rings (SSSR count). The van der Waals surface area contributed by atoms with Gasteiger partial charge in [0.1, 0.15) is 18.0 Å². The molecule has 1 aromatic rings. The van der Waals surface area contributed by atoms with Gasteiger partial charge in [0.15, 0.2) is 0 Å². The monoisotopic (exact) mass is 508 g/mol. The van der Waals surface area contributed by atoms with E-state index in [1.165, 1.54) is 38.5 Å². The summed E-state index contributed by atoms with van der Waals surface area (Å²) in [5.41, 5.74) is 1.50. The van der Waals surface area contributed by atoms with Crippen LogP contribution in [0.5, 0.6) is 5.75 Å². The number of nitrogens with zero attached hydrogens (tertiary/aromatic N) is 1. The van der Waals surface area contributed by atoms with Crippen molar-refractivity contribution in [1.82, 2.24) is 10.2 Å². The largest absolute Gasteiger partial charge is 0.486 e. The molecular formula is C30H40N2O5. The fourth-order valence-electron chi connectivity index (χ4n) is 8.75. The zero-order chi connectivity index (χ0) is 25.7. The van der Waals surface area contributed by atoms with Gasteiger partial charge in [-0.1, -0.05) is 25.1 Å². The van der Waals surface area contributed by atoms with E-state index in [0.717, 1.165) is 29.7 Å². The van der Waals surface area contributed by atoms with Gasteiger partial charge in [-0.25, -0.2) is 0 Å². The van der Waals surface area contributed by atoms with Crippen molar-refractivity contribution in [3.8, 4) is 5.75 Å². The van der Waals surface area contributed by atoms with Crippen molar-refractivity contribution in [1.29, 1.82) is 0 Å². The van der Waals surface area contributed by atoms with Crippen LogP contribution in [0.1, 0.15) is 69.8 Å². The first kappa shape index (κ1) is 24.9. The van der Waals surface area contributed by atoms with Crippen LogP contribution in [0.3, 0.4) is 0 Å². The van der Waals surface area contributed by atoms with Gasteiger partial charge >= 0.3 is 0 Å². The van der Waals surface area contributed by atoms with Gasteiger partial charge in [0.05, 0.1) is 18.6 Å². The summed E-state index contributed by atoms with van der Waals surface area (Å²) >= 11 is 0. The molecule has 4 fully saturated rings. The predicted molar refractivity (Wildman–Crippen MR) is 139 cm³/mol. The molecule has 4 bridgehead atoms. The number of amides is 2. The zero-order valence-electron chi connectivity index (χ0n) is 21.8. The van der Waals surface area contributed by atoms with Crippen molar-refractivity contribution in [2.45, 2.75) is 82.5 Å². The summed E-state index contributed by atoms with van der Waals surface area (Å²) in [4.78, 5) is 28.9. The van der Waals surface area contributed by atoms with E-state index in [-0.39, 0.29) is 30.4 Å². The minimum Gasteiger partial charge on any atom is -0.486 e. The van der Waals surface area contributed by atoms with E-state index in [1.807, 2.05) is 42.2 Å². The highest BCUT2D eigenvalue weighted by Crippen LogP contribution is 2.60. The first-order valence-electron chi connectivity index (χ1n) is 14.2. The third-order valence-electron chi connectivity index (χ3n) is 9.69. The number of aliphatic hydroxyl groups excluding tert-OH is 2.